The number of oxime groups is 2. The Morgan fingerprint density at radius 2 is 1.44 bits per heavy atom. The van der Waals surface area contributed by atoms with Gasteiger partial charge in [0.2, 0.25) is 0 Å². The fourth-order valence-corrected chi connectivity index (χ4v) is 1.04. The second-order valence-corrected chi connectivity index (χ2v) is 3.30. The maximum absolute atomic E-state index is 10.5. The van der Waals surface area contributed by atoms with Crippen LogP contribution in [0.5, 0.6) is 0 Å². The predicted molar refractivity (Wildman–Crippen MR) is 65.2 cm³/mol. The van der Waals surface area contributed by atoms with E-state index in [2.05, 4.69) is 20.0 Å². The highest BCUT2D eigenvalue weighted by Gasteiger charge is 1.93. The summed E-state index contributed by atoms with van der Waals surface area (Å²) >= 11 is 0. The lowest BCUT2D eigenvalue weighted by Crippen LogP contribution is -1.93. The van der Waals surface area contributed by atoms with Crippen LogP contribution in [-0.4, -0.2) is 24.4 Å². The van der Waals surface area contributed by atoms with E-state index in [1.165, 1.54) is 26.3 Å². The van der Waals surface area contributed by atoms with Crippen molar-refractivity contribution in [3.63, 3.8) is 0 Å². The van der Waals surface area contributed by atoms with Crippen LogP contribution in [0.25, 0.3) is 0 Å². The molecule has 0 aromatic heterocycles. The average Bonchev–Trinajstić information content (AvgIpc) is 2.28. The van der Waals surface area contributed by atoms with Gasteiger partial charge in [-0.05, 0) is 17.2 Å². The van der Waals surface area contributed by atoms with E-state index in [1.807, 2.05) is 0 Å². The standard InChI is InChI=1S/C12H12N2O4/c1-9(15)17-13-7-11-4-3-5-12(6-11)8-14-18-10(2)16/h3-8H,1-2H3/b13-7+,14-8+. The molecule has 0 aliphatic rings. The first-order valence-electron chi connectivity index (χ1n) is 5.10. The molecule has 1 aromatic rings. The van der Waals surface area contributed by atoms with E-state index in [0.29, 0.717) is 0 Å². The quantitative estimate of drug-likeness (QED) is 0.459. The summed E-state index contributed by atoms with van der Waals surface area (Å²) in [5.41, 5.74) is 1.45. The van der Waals surface area contributed by atoms with Crippen molar-refractivity contribution in [2.45, 2.75) is 13.8 Å². The molecule has 0 aliphatic heterocycles. The molecule has 18 heavy (non-hydrogen) atoms. The van der Waals surface area contributed by atoms with Crippen LogP contribution in [0.15, 0.2) is 34.6 Å². The number of nitrogens with zero attached hydrogens (tertiary/aromatic N) is 2. The summed E-state index contributed by atoms with van der Waals surface area (Å²) in [6, 6.07) is 7.05. The highest BCUT2D eigenvalue weighted by molar-refractivity contribution is 5.86. The maximum atomic E-state index is 10.5. The molecule has 94 valence electrons. The zero-order valence-electron chi connectivity index (χ0n) is 9.99. The van der Waals surface area contributed by atoms with E-state index in [9.17, 15) is 9.59 Å². The third kappa shape index (κ3) is 5.55. The van der Waals surface area contributed by atoms with E-state index >= 15 is 0 Å². The molecule has 0 aliphatic carbocycles. The highest BCUT2D eigenvalue weighted by atomic mass is 16.7. The minimum Gasteiger partial charge on any atom is -0.319 e. The fraction of sp³-hybridized carbons (Fsp3) is 0.167. The van der Waals surface area contributed by atoms with Crippen molar-refractivity contribution in [2.75, 3.05) is 0 Å². The smallest absolute Gasteiger partial charge is 0.319 e. The molecule has 0 unspecified atom stereocenters. The maximum Gasteiger partial charge on any atom is 0.331 e. The second kappa shape index (κ2) is 6.95. The SMILES string of the molecule is CC(=O)O/N=C/c1cccc(/C=N/OC(C)=O)c1. The molecule has 6 nitrogen and oxygen atoms in total. The van der Waals surface area contributed by atoms with Crippen LogP contribution in [0.2, 0.25) is 0 Å². The van der Waals surface area contributed by atoms with E-state index in [-0.39, 0.29) is 0 Å². The molecule has 0 saturated carbocycles. The zero-order chi connectivity index (χ0) is 13.4. The van der Waals surface area contributed by atoms with E-state index in [0.717, 1.165) is 11.1 Å². The Morgan fingerprint density at radius 3 is 1.83 bits per heavy atom. The van der Waals surface area contributed by atoms with Gasteiger partial charge in [0.05, 0.1) is 12.4 Å². The van der Waals surface area contributed by atoms with Gasteiger partial charge in [0.25, 0.3) is 0 Å². The Labute approximate surface area is 104 Å². The average molecular weight is 248 g/mol. The van der Waals surface area contributed by atoms with Gasteiger partial charge in [-0.2, -0.15) is 0 Å². The normalized spacial score (nSPS) is 10.8. The van der Waals surface area contributed by atoms with Gasteiger partial charge in [-0.15, -0.1) is 0 Å². The number of rotatable bonds is 4. The predicted octanol–water partition coefficient (Wildman–Crippen LogP) is 1.48. The summed E-state index contributed by atoms with van der Waals surface area (Å²) < 4.78 is 0. The monoisotopic (exact) mass is 248 g/mol. The van der Waals surface area contributed by atoms with Crippen LogP contribution in [0.1, 0.15) is 25.0 Å². The summed E-state index contributed by atoms with van der Waals surface area (Å²) in [5, 5.41) is 6.97. The molecular formula is C12H12N2O4. The molecule has 0 amide bonds. The summed E-state index contributed by atoms with van der Waals surface area (Å²) in [6.45, 7) is 2.53. The van der Waals surface area contributed by atoms with Crippen molar-refractivity contribution in [3.05, 3.63) is 35.4 Å². The molecule has 6 heteroatoms. The number of carbonyl (C=O) groups is 2. The van der Waals surface area contributed by atoms with Crippen LogP contribution in [0, 0.1) is 0 Å². The van der Waals surface area contributed by atoms with Gasteiger partial charge in [0.1, 0.15) is 0 Å². The van der Waals surface area contributed by atoms with Crippen molar-refractivity contribution in [3.8, 4) is 0 Å². The minimum absolute atomic E-state index is 0.487. The van der Waals surface area contributed by atoms with Gasteiger partial charge in [0.15, 0.2) is 0 Å². The number of benzene rings is 1. The first-order valence-corrected chi connectivity index (χ1v) is 5.10. The van der Waals surface area contributed by atoms with Crippen molar-refractivity contribution >= 4 is 24.4 Å². The van der Waals surface area contributed by atoms with Gasteiger partial charge in [0, 0.05) is 13.8 Å². The van der Waals surface area contributed by atoms with Crippen molar-refractivity contribution < 1.29 is 19.3 Å². The molecule has 0 fully saturated rings. The number of hydrogen-bond acceptors (Lipinski definition) is 6. The van der Waals surface area contributed by atoms with Gasteiger partial charge in [-0.3, -0.25) is 0 Å². The number of carbonyl (C=O) groups excluding carboxylic acids is 2. The molecule has 0 radical (unpaired) electrons. The molecule has 0 spiro atoms. The molecule has 1 rings (SSSR count). The summed E-state index contributed by atoms with van der Waals surface area (Å²) in [5.74, 6) is -0.974. The third-order valence-corrected chi connectivity index (χ3v) is 1.68. The Balaban J connectivity index is 2.67. The van der Waals surface area contributed by atoms with Crippen LogP contribution in [-0.2, 0) is 19.3 Å². The van der Waals surface area contributed by atoms with Gasteiger partial charge in [-0.25, -0.2) is 9.59 Å². The Morgan fingerprint density at radius 1 is 1.00 bits per heavy atom. The lowest BCUT2D eigenvalue weighted by atomic mass is 10.1. The molecule has 1 aromatic carbocycles. The Hall–Kier alpha value is -2.50. The van der Waals surface area contributed by atoms with Gasteiger partial charge >= 0.3 is 11.9 Å². The van der Waals surface area contributed by atoms with Crippen molar-refractivity contribution in [2.24, 2.45) is 10.3 Å². The topological polar surface area (TPSA) is 77.3 Å². The third-order valence-electron chi connectivity index (χ3n) is 1.68. The van der Waals surface area contributed by atoms with Crippen LogP contribution >= 0.6 is 0 Å². The molecular weight excluding hydrogens is 236 g/mol. The van der Waals surface area contributed by atoms with Crippen molar-refractivity contribution in [1.29, 1.82) is 0 Å². The van der Waals surface area contributed by atoms with Crippen molar-refractivity contribution in [1.82, 2.24) is 0 Å². The highest BCUT2D eigenvalue weighted by Crippen LogP contribution is 2.01. The van der Waals surface area contributed by atoms with E-state index < -0.39 is 11.9 Å². The zero-order valence-corrected chi connectivity index (χ0v) is 9.99. The largest absolute Gasteiger partial charge is 0.331 e. The lowest BCUT2D eigenvalue weighted by molar-refractivity contribution is -0.141. The van der Waals surface area contributed by atoms with Crippen LogP contribution in [0.4, 0.5) is 0 Å². The second-order valence-electron chi connectivity index (χ2n) is 3.30. The lowest BCUT2D eigenvalue weighted by Gasteiger charge is -1.95. The molecule has 0 N–H and O–H groups in total. The molecule has 0 bridgehead atoms. The fourth-order valence-electron chi connectivity index (χ4n) is 1.04. The molecule has 0 heterocycles. The summed E-state index contributed by atoms with van der Waals surface area (Å²) in [7, 11) is 0. The first-order chi connectivity index (χ1) is 8.58. The van der Waals surface area contributed by atoms with E-state index in [4.69, 9.17) is 0 Å². The summed E-state index contributed by atoms with van der Waals surface area (Å²) in [4.78, 5) is 29.9. The molecule has 0 saturated heterocycles. The molecule has 0 atom stereocenters. The Bertz CT molecular complexity index is 453. The number of hydrogen-bond donors (Lipinski definition) is 0. The first kappa shape index (κ1) is 13.6. The Kier molecular flexibility index (Phi) is 5.24. The summed E-state index contributed by atoms with van der Waals surface area (Å²) in [6.07, 6.45) is 2.79. The van der Waals surface area contributed by atoms with E-state index in [1.54, 1.807) is 24.3 Å². The van der Waals surface area contributed by atoms with Crippen LogP contribution < -0.4 is 0 Å². The van der Waals surface area contributed by atoms with Gasteiger partial charge < -0.3 is 9.68 Å². The van der Waals surface area contributed by atoms with Crippen LogP contribution in [0.3, 0.4) is 0 Å². The minimum atomic E-state index is -0.487. The van der Waals surface area contributed by atoms with Gasteiger partial charge in [-0.1, -0.05) is 28.5 Å².